The molecule has 2 aromatic carbocycles. The van der Waals surface area contributed by atoms with Gasteiger partial charge in [0.2, 0.25) is 0 Å². The number of hydrogen-bond acceptors (Lipinski definition) is 5. The van der Waals surface area contributed by atoms with E-state index in [1.807, 2.05) is 83.1 Å². The van der Waals surface area contributed by atoms with Crippen LogP contribution in [0, 0.1) is 19.3 Å². The average Bonchev–Trinajstić information content (AvgIpc) is 2.88. The van der Waals surface area contributed by atoms with Gasteiger partial charge < -0.3 is 19.5 Å². The highest BCUT2D eigenvalue weighted by molar-refractivity contribution is 6.30. The Morgan fingerprint density at radius 1 is 1.02 bits per heavy atom. The van der Waals surface area contributed by atoms with Crippen LogP contribution >= 0.6 is 11.6 Å². The first-order valence-electron chi connectivity index (χ1n) is 14.4. The van der Waals surface area contributed by atoms with Crippen molar-refractivity contribution >= 4 is 23.3 Å². The Morgan fingerprint density at radius 2 is 1.63 bits per heavy atom. The molecule has 1 aliphatic rings. The third-order valence-corrected chi connectivity index (χ3v) is 7.94. The Balaban J connectivity index is 1.71. The number of aliphatic carboxylic acids is 1. The molecule has 2 heterocycles. The number of anilines is 1. The number of aromatic nitrogens is 1. The zero-order valence-electron chi connectivity index (χ0n) is 25.4. The topological polar surface area (TPSA) is 71.9 Å². The number of carbonyl (C=O) groups is 1. The molecular formula is C34H43ClN2O4. The first-order valence-corrected chi connectivity index (χ1v) is 14.8. The monoisotopic (exact) mass is 578 g/mol. The van der Waals surface area contributed by atoms with Crippen LogP contribution in [0.5, 0.6) is 5.75 Å². The summed E-state index contributed by atoms with van der Waals surface area (Å²) < 4.78 is 12.2. The molecule has 41 heavy (non-hydrogen) atoms. The fourth-order valence-corrected chi connectivity index (χ4v) is 5.54. The van der Waals surface area contributed by atoms with Gasteiger partial charge in [0.25, 0.3) is 0 Å². The molecule has 1 saturated heterocycles. The number of nitrogens with zero attached hydrogens (tertiary/aromatic N) is 2. The molecule has 1 aliphatic heterocycles. The van der Waals surface area contributed by atoms with E-state index < -0.39 is 17.7 Å². The molecule has 1 N–H and O–H groups in total. The van der Waals surface area contributed by atoms with Gasteiger partial charge in [-0.15, -0.1) is 0 Å². The Labute approximate surface area is 249 Å². The number of carboxylic acids is 1. The van der Waals surface area contributed by atoms with E-state index in [-0.39, 0.29) is 5.41 Å². The fraction of sp³-hybridized carbons (Fsp3) is 0.471. The summed E-state index contributed by atoms with van der Waals surface area (Å²) in [6, 6.07) is 15.8. The van der Waals surface area contributed by atoms with Crippen molar-refractivity contribution in [1.82, 2.24) is 4.98 Å². The summed E-state index contributed by atoms with van der Waals surface area (Å²) in [7, 11) is 0. The lowest BCUT2D eigenvalue weighted by atomic mass is 9.82. The van der Waals surface area contributed by atoms with Gasteiger partial charge in [0.05, 0.1) is 17.9 Å². The summed E-state index contributed by atoms with van der Waals surface area (Å²) in [4.78, 5) is 19.9. The van der Waals surface area contributed by atoms with Crippen molar-refractivity contribution in [1.29, 1.82) is 0 Å². The van der Waals surface area contributed by atoms with Crippen molar-refractivity contribution in [2.45, 2.75) is 79.4 Å². The minimum Gasteiger partial charge on any atom is -0.493 e. The first kappa shape index (κ1) is 30.9. The van der Waals surface area contributed by atoms with Gasteiger partial charge in [0.15, 0.2) is 6.10 Å². The fourth-order valence-electron chi connectivity index (χ4n) is 5.41. The van der Waals surface area contributed by atoms with Crippen molar-refractivity contribution < 1.29 is 19.4 Å². The van der Waals surface area contributed by atoms with Crippen LogP contribution in [-0.4, -0.2) is 41.4 Å². The van der Waals surface area contributed by atoms with E-state index in [0.29, 0.717) is 17.9 Å². The normalized spacial score (nSPS) is 16.0. The van der Waals surface area contributed by atoms with Crippen LogP contribution in [0.1, 0.15) is 76.1 Å². The van der Waals surface area contributed by atoms with E-state index in [1.54, 1.807) is 0 Å². The molecule has 1 fully saturated rings. The van der Waals surface area contributed by atoms with Crippen molar-refractivity contribution in [3.8, 4) is 16.9 Å². The summed E-state index contributed by atoms with van der Waals surface area (Å²) in [5, 5.41) is 11.1. The maximum absolute atomic E-state index is 12.7. The number of piperidine rings is 1. The SMILES string of the molecule is Cc1nc(C)c([C@H](OC(C)(C)C)C(=O)O)c(N2CCC(C)(C)CC2)c1-c1ccc(OCCc2ccc(Cl)cc2)cc1. The minimum atomic E-state index is -1.14. The van der Waals surface area contributed by atoms with E-state index >= 15 is 0 Å². The van der Waals surface area contributed by atoms with Crippen LogP contribution in [0.2, 0.25) is 5.02 Å². The second kappa shape index (κ2) is 12.4. The second-order valence-corrected chi connectivity index (χ2v) is 13.2. The van der Waals surface area contributed by atoms with E-state index in [2.05, 4.69) is 18.7 Å². The largest absolute Gasteiger partial charge is 0.493 e. The third kappa shape index (κ3) is 7.81. The predicted octanol–water partition coefficient (Wildman–Crippen LogP) is 8.21. The molecule has 1 aromatic heterocycles. The molecular weight excluding hydrogens is 536 g/mol. The van der Waals surface area contributed by atoms with Gasteiger partial charge >= 0.3 is 5.97 Å². The van der Waals surface area contributed by atoms with Crippen molar-refractivity contribution in [3.05, 3.63) is 76.1 Å². The maximum Gasteiger partial charge on any atom is 0.337 e. The smallest absolute Gasteiger partial charge is 0.337 e. The number of ether oxygens (including phenoxy) is 2. The summed E-state index contributed by atoms with van der Waals surface area (Å²) in [5.74, 6) is -0.232. The molecule has 0 aliphatic carbocycles. The molecule has 7 heteroatoms. The van der Waals surface area contributed by atoms with E-state index in [1.165, 1.54) is 5.56 Å². The van der Waals surface area contributed by atoms with Gasteiger partial charge in [-0.3, -0.25) is 4.98 Å². The number of rotatable bonds is 9. The zero-order valence-corrected chi connectivity index (χ0v) is 26.1. The van der Waals surface area contributed by atoms with Crippen LogP contribution < -0.4 is 9.64 Å². The highest BCUT2D eigenvalue weighted by Crippen LogP contribution is 2.45. The van der Waals surface area contributed by atoms with Gasteiger partial charge in [-0.25, -0.2) is 4.79 Å². The van der Waals surface area contributed by atoms with Crippen LogP contribution in [0.4, 0.5) is 5.69 Å². The maximum atomic E-state index is 12.7. The number of halogens is 1. The van der Waals surface area contributed by atoms with Crippen LogP contribution in [0.15, 0.2) is 48.5 Å². The molecule has 0 saturated carbocycles. The van der Waals surface area contributed by atoms with Gasteiger partial charge in [0, 0.05) is 47.0 Å². The Morgan fingerprint density at radius 3 is 2.20 bits per heavy atom. The Hall–Kier alpha value is -3.09. The second-order valence-electron chi connectivity index (χ2n) is 12.8. The molecule has 0 spiro atoms. The Kier molecular flexibility index (Phi) is 9.35. The number of hydrogen-bond donors (Lipinski definition) is 1. The molecule has 0 unspecified atom stereocenters. The van der Waals surface area contributed by atoms with Crippen LogP contribution in [0.25, 0.3) is 11.1 Å². The molecule has 3 aromatic rings. The van der Waals surface area contributed by atoms with Gasteiger partial charge in [-0.05, 0) is 88.3 Å². The number of aryl methyl sites for hydroxylation is 2. The molecule has 4 rings (SSSR count). The summed E-state index contributed by atoms with van der Waals surface area (Å²) in [6.07, 6.45) is 1.68. The molecule has 0 amide bonds. The summed E-state index contributed by atoms with van der Waals surface area (Å²) in [5.41, 5.74) is 5.78. The van der Waals surface area contributed by atoms with Crippen LogP contribution in [0.3, 0.4) is 0 Å². The van der Waals surface area contributed by atoms with E-state index in [9.17, 15) is 9.90 Å². The van der Waals surface area contributed by atoms with Crippen molar-refractivity contribution in [3.63, 3.8) is 0 Å². The predicted molar refractivity (Wildman–Crippen MR) is 166 cm³/mol. The molecule has 220 valence electrons. The van der Waals surface area contributed by atoms with Gasteiger partial charge in [-0.2, -0.15) is 0 Å². The number of pyridine rings is 1. The van der Waals surface area contributed by atoms with E-state index in [4.69, 9.17) is 26.1 Å². The third-order valence-electron chi connectivity index (χ3n) is 7.69. The quantitative estimate of drug-likeness (QED) is 0.276. The number of benzene rings is 2. The van der Waals surface area contributed by atoms with Gasteiger partial charge in [0.1, 0.15) is 5.75 Å². The zero-order chi connectivity index (χ0) is 29.9. The highest BCUT2D eigenvalue weighted by Gasteiger charge is 2.36. The first-order chi connectivity index (χ1) is 19.2. The average molecular weight is 579 g/mol. The standard InChI is InChI=1S/C34H43ClN2O4/c1-22-28(25-10-14-27(15-11-25)40-21-16-24-8-12-26(35)13-9-24)30(37-19-17-34(6,7)18-20-37)29(23(2)36-22)31(32(38)39)41-33(3,4)5/h8-15,31H,16-21H2,1-7H3,(H,38,39)/t31-/m0/s1. The lowest BCUT2D eigenvalue weighted by Crippen LogP contribution is -2.39. The van der Waals surface area contributed by atoms with Crippen molar-refractivity contribution in [2.24, 2.45) is 5.41 Å². The Bertz CT molecular complexity index is 1350. The molecule has 1 atom stereocenters. The summed E-state index contributed by atoms with van der Waals surface area (Å²) >= 11 is 6.00. The molecule has 6 nitrogen and oxygen atoms in total. The van der Waals surface area contributed by atoms with Gasteiger partial charge in [-0.1, -0.05) is 49.7 Å². The van der Waals surface area contributed by atoms with Crippen LogP contribution in [-0.2, 0) is 16.0 Å². The van der Waals surface area contributed by atoms with E-state index in [0.717, 1.165) is 65.6 Å². The number of carboxylic acid groups (broad SMARTS) is 1. The highest BCUT2D eigenvalue weighted by atomic mass is 35.5. The summed E-state index contributed by atoms with van der Waals surface area (Å²) in [6.45, 7) is 16.4. The molecule has 0 bridgehead atoms. The minimum absolute atomic E-state index is 0.243. The van der Waals surface area contributed by atoms with Crippen molar-refractivity contribution in [2.75, 3.05) is 24.6 Å². The molecule has 0 radical (unpaired) electrons. The lowest BCUT2D eigenvalue weighted by molar-refractivity contribution is -0.160. The lowest BCUT2D eigenvalue weighted by Gasteiger charge is -2.41.